The van der Waals surface area contributed by atoms with Crippen LogP contribution in [-0.4, -0.2) is 71.6 Å². The van der Waals surface area contributed by atoms with Crippen molar-refractivity contribution >= 4 is 23.9 Å². The van der Waals surface area contributed by atoms with Crippen molar-refractivity contribution in [3.05, 3.63) is 47.5 Å². The molecule has 3 rings (SSSR count). The average Bonchev–Trinajstić information content (AvgIpc) is 2.90. The predicted octanol–water partition coefficient (Wildman–Crippen LogP) is 3.39. The summed E-state index contributed by atoms with van der Waals surface area (Å²) in [5.41, 5.74) is 1.19. The molecule has 0 saturated carbocycles. The number of rotatable bonds is 7. The van der Waals surface area contributed by atoms with Crippen molar-refractivity contribution in [1.82, 2.24) is 15.1 Å². The maximum absolute atomic E-state index is 13.3. The van der Waals surface area contributed by atoms with Gasteiger partial charge in [-0.15, -0.1) is 6.42 Å². The highest BCUT2D eigenvalue weighted by atomic mass is 16.6. The van der Waals surface area contributed by atoms with Gasteiger partial charge in [-0.3, -0.25) is 14.4 Å². The molecule has 210 valence electrons. The number of fused-ring (bicyclic) bond motifs is 1. The second-order valence-electron chi connectivity index (χ2n) is 10.9. The van der Waals surface area contributed by atoms with E-state index in [1.54, 1.807) is 22.8 Å². The highest BCUT2D eigenvalue weighted by Gasteiger charge is 2.33. The van der Waals surface area contributed by atoms with E-state index in [1.807, 2.05) is 51.1 Å². The molecule has 1 N–H and O–H groups in total. The van der Waals surface area contributed by atoms with Crippen LogP contribution in [0.2, 0.25) is 0 Å². The molecule has 1 unspecified atom stereocenters. The first-order valence-electron chi connectivity index (χ1n) is 13.5. The lowest BCUT2D eigenvalue weighted by atomic mass is 9.88. The van der Waals surface area contributed by atoms with E-state index in [9.17, 15) is 19.2 Å². The van der Waals surface area contributed by atoms with Crippen LogP contribution in [0.5, 0.6) is 0 Å². The molecule has 2 aliphatic rings. The molecule has 0 aromatic heterocycles. The van der Waals surface area contributed by atoms with Gasteiger partial charge in [-0.25, -0.2) is 4.79 Å². The second-order valence-corrected chi connectivity index (χ2v) is 10.9. The van der Waals surface area contributed by atoms with E-state index in [0.717, 1.165) is 24.0 Å². The van der Waals surface area contributed by atoms with Crippen molar-refractivity contribution in [2.24, 2.45) is 5.92 Å². The zero-order chi connectivity index (χ0) is 28.6. The van der Waals surface area contributed by atoms with Gasteiger partial charge >= 0.3 is 12.1 Å². The van der Waals surface area contributed by atoms with Crippen molar-refractivity contribution in [2.75, 3.05) is 26.2 Å². The third-order valence-electron chi connectivity index (χ3n) is 6.72. The van der Waals surface area contributed by atoms with E-state index in [1.165, 1.54) is 0 Å². The largest absolute Gasteiger partial charge is 0.466 e. The number of benzene rings is 1. The SMILES string of the molecule is C#C[C@H](CC(=O)OCC)NC(=O)C1CN(C(=O)/C=C/C2CCN(C(=O)OC(C)(C)C)CC2)Cc2ccccc21. The number of terminal acetylenes is 1. The lowest BCUT2D eigenvalue weighted by Crippen LogP contribution is -2.46. The molecule has 2 aliphatic heterocycles. The van der Waals surface area contributed by atoms with Gasteiger partial charge in [0.05, 0.1) is 18.9 Å². The molecule has 1 fully saturated rings. The van der Waals surface area contributed by atoms with Crippen molar-refractivity contribution in [3.63, 3.8) is 0 Å². The van der Waals surface area contributed by atoms with Gasteiger partial charge in [0.1, 0.15) is 11.6 Å². The van der Waals surface area contributed by atoms with E-state index in [-0.39, 0.29) is 43.4 Å². The van der Waals surface area contributed by atoms with Gasteiger partial charge in [0, 0.05) is 26.2 Å². The molecule has 0 aliphatic carbocycles. The Morgan fingerprint density at radius 2 is 1.85 bits per heavy atom. The standard InChI is InChI=1S/C30H39N3O6/c1-6-23(18-27(35)38-7-2)31-28(36)25-20-33(19-22-10-8-9-11-24(22)25)26(34)13-12-21-14-16-32(17-15-21)29(37)39-30(3,4)5/h1,8-13,21,23,25H,7,14-20H2,2-5H3,(H,31,36)/b13-12+/t23-,25?/m1/s1. The first-order valence-corrected chi connectivity index (χ1v) is 13.5. The molecule has 3 amide bonds. The van der Waals surface area contributed by atoms with E-state index in [0.29, 0.717) is 19.6 Å². The van der Waals surface area contributed by atoms with E-state index < -0.39 is 23.5 Å². The molecule has 0 radical (unpaired) electrons. The van der Waals surface area contributed by atoms with Crippen molar-refractivity contribution in [3.8, 4) is 12.3 Å². The number of hydrogen-bond donors (Lipinski definition) is 1. The van der Waals surface area contributed by atoms with Crippen LogP contribution >= 0.6 is 0 Å². The summed E-state index contributed by atoms with van der Waals surface area (Å²) in [5, 5.41) is 2.76. The maximum atomic E-state index is 13.3. The molecule has 0 spiro atoms. The molecular formula is C30H39N3O6. The fraction of sp³-hybridized carbons (Fsp3) is 0.533. The number of carbonyl (C=O) groups is 4. The summed E-state index contributed by atoms with van der Waals surface area (Å²) in [5.74, 6) is 0.979. The minimum atomic E-state index is -0.804. The number of esters is 1. The number of nitrogens with zero attached hydrogens (tertiary/aromatic N) is 2. The zero-order valence-corrected chi connectivity index (χ0v) is 23.3. The van der Waals surface area contributed by atoms with Crippen LogP contribution in [0.25, 0.3) is 0 Å². The fourth-order valence-electron chi connectivity index (χ4n) is 4.73. The molecule has 9 nitrogen and oxygen atoms in total. The number of amides is 3. The van der Waals surface area contributed by atoms with Crippen molar-refractivity contribution < 1.29 is 28.7 Å². The highest BCUT2D eigenvalue weighted by Crippen LogP contribution is 2.29. The second kappa shape index (κ2) is 13.3. The topological polar surface area (TPSA) is 105 Å². The highest BCUT2D eigenvalue weighted by molar-refractivity contribution is 5.90. The summed E-state index contributed by atoms with van der Waals surface area (Å²) >= 11 is 0. The summed E-state index contributed by atoms with van der Waals surface area (Å²) in [6.07, 6.45) is 10.1. The number of carbonyl (C=O) groups excluding carboxylic acids is 4. The third-order valence-corrected chi connectivity index (χ3v) is 6.72. The Morgan fingerprint density at radius 1 is 1.15 bits per heavy atom. The van der Waals surface area contributed by atoms with Crippen molar-refractivity contribution in [2.45, 2.75) is 71.1 Å². The summed E-state index contributed by atoms with van der Waals surface area (Å²) in [4.78, 5) is 54.0. The van der Waals surface area contributed by atoms with Gasteiger partial charge < -0.3 is 24.6 Å². The molecule has 2 atom stereocenters. The van der Waals surface area contributed by atoms with Crippen LogP contribution in [0, 0.1) is 18.3 Å². The number of ether oxygens (including phenoxy) is 2. The van der Waals surface area contributed by atoms with Crippen molar-refractivity contribution in [1.29, 1.82) is 0 Å². The van der Waals surface area contributed by atoms with Crippen LogP contribution in [-0.2, 0) is 30.4 Å². The van der Waals surface area contributed by atoms with Gasteiger partial charge in [-0.05, 0) is 63.7 Å². The summed E-state index contributed by atoms with van der Waals surface area (Å²) < 4.78 is 10.4. The van der Waals surface area contributed by atoms with Gasteiger partial charge in [0.2, 0.25) is 11.8 Å². The Labute approximate surface area is 230 Å². The third kappa shape index (κ3) is 8.60. The average molecular weight is 538 g/mol. The molecule has 39 heavy (non-hydrogen) atoms. The monoisotopic (exact) mass is 537 g/mol. The summed E-state index contributed by atoms with van der Waals surface area (Å²) in [6, 6.07) is 6.72. The van der Waals surface area contributed by atoms with Crippen LogP contribution in [0.4, 0.5) is 4.79 Å². The number of nitrogens with one attached hydrogen (secondary N) is 1. The molecule has 1 saturated heterocycles. The zero-order valence-electron chi connectivity index (χ0n) is 23.3. The Balaban J connectivity index is 1.62. The molecule has 2 heterocycles. The lowest BCUT2D eigenvalue weighted by Gasteiger charge is -2.34. The van der Waals surface area contributed by atoms with Crippen LogP contribution in [0.3, 0.4) is 0 Å². The fourth-order valence-corrected chi connectivity index (χ4v) is 4.73. The van der Waals surface area contributed by atoms with E-state index in [4.69, 9.17) is 15.9 Å². The predicted molar refractivity (Wildman–Crippen MR) is 146 cm³/mol. The van der Waals surface area contributed by atoms with Crippen LogP contribution < -0.4 is 5.32 Å². The van der Waals surface area contributed by atoms with Gasteiger partial charge in [-0.2, -0.15) is 0 Å². The summed E-state index contributed by atoms with van der Waals surface area (Å²) in [6.45, 7) is 9.18. The molecular weight excluding hydrogens is 498 g/mol. The number of likely N-dealkylation sites (tertiary alicyclic amines) is 1. The number of allylic oxidation sites excluding steroid dienone is 1. The first-order chi connectivity index (χ1) is 18.5. The van der Waals surface area contributed by atoms with E-state index in [2.05, 4.69) is 11.2 Å². The van der Waals surface area contributed by atoms with Gasteiger partial charge in [-0.1, -0.05) is 36.3 Å². The first kappa shape index (κ1) is 29.8. The Kier molecular flexibility index (Phi) is 10.2. The quantitative estimate of drug-likeness (QED) is 0.325. The van der Waals surface area contributed by atoms with Gasteiger partial charge in [0.15, 0.2) is 0 Å². The summed E-state index contributed by atoms with van der Waals surface area (Å²) in [7, 11) is 0. The van der Waals surface area contributed by atoms with E-state index >= 15 is 0 Å². The van der Waals surface area contributed by atoms with Crippen LogP contribution in [0.15, 0.2) is 36.4 Å². The van der Waals surface area contributed by atoms with Gasteiger partial charge in [0.25, 0.3) is 0 Å². The molecule has 0 bridgehead atoms. The maximum Gasteiger partial charge on any atom is 0.410 e. The Bertz CT molecular complexity index is 1120. The Morgan fingerprint density at radius 3 is 2.49 bits per heavy atom. The molecule has 1 aromatic rings. The number of piperidine rings is 1. The molecule has 9 heteroatoms. The minimum absolute atomic E-state index is 0.122. The molecule has 1 aromatic carbocycles. The smallest absolute Gasteiger partial charge is 0.410 e. The Hall–Kier alpha value is -3.80. The van der Waals surface area contributed by atoms with Crippen LogP contribution in [0.1, 0.15) is 64.0 Å². The lowest BCUT2D eigenvalue weighted by molar-refractivity contribution is -0.143. The number of hydrogen-bond acceptors (Lipinski definition) is 6. The minimum Gasteiger partial charge on any atom is -0.466 e. The normalized spacial score (nSPS) is 18.6.